The third kappa shape index (κ3) is 6.74. The van der Waals surface area contributed by atoms with Gasteiger partial charge in [-0.3, -0.25) is 13.9 Å². The Kier molecular flexibility index (Phi) is 10.2. The Bertz CT molecular complexity index is 2760. The number of hydrogen-bond donors (Lipinski definition) is 0. The second kappa shape index (κ2) is 15.4. The van der Waals surface area contributed by atoms with Crippen molar-refractivity contribution in [1.29, 1.82) is 0 Å². The Hall–Kier alpha value is -5.31. The quantitative estimate of drug-likeness (QED) is 0.150. The maximum absolute atomic E-state index is 15.0. The SMILES string of the molecule is CC[S@@](=O)(=NC)c1ccc(-n2ccn(-c3c4c(nn3-c3cc(C)c(F)c(C)c3)CCN(C(=O)c3cc5cc(C6CCOCC6)ccc5n3C[C@@H]3CCO3)[C@H]4C)c2=O)cc1. The summed E-state index contributed by atoms with van der Waals surface area (Å²) >= 11 is 0. The monoisotopic (exact) mass is 819 g/mol. The first-order valence-corrected chi connectivity index (χ1v) is 22.2. The molecule has 6 heterocycles. The van der Waals surface area contributed by atoms with Gasteiger partial charge in [0.1, 0.15) is 17.3 Å². The van der Waals surface area contributed by atoms with E-state index >= 15 is 9.18 Å². The lowest BCUT2D eigenvalue weighted by atomic mass is 9.91. The predicted molar refractivity (Wildman–Crippen MR) is 225 cm³/mol. The standard InChI is InChI=1S/C45H50FN7O5S/c1-6-59(56,47-5)37-10-8-34(9-11-37)50-18-19-51(45(50)55)43-41-30(4)49(17-13-38(41)48-53(43)35-23-28(2)42(46)29(3)24-35)44(54)40-26-33-25-32(31-14-20-57-21-15-31)7-12-39(33)52(40)27-36-16-22-58-36/h7-12,18-19,23-26,30-31,36H,6,13-17,20-22,27H2,1-5H3/t30-,36-,59-/m0/s1. The molecule has 0 radical (unpaired) electrons. The number of benzene rings is 3. The molecule has 0 N–H and O–H groups in total. The summed E-state index contributed by atoms with van der Waals surface area (Å²) in [5.74, 6) is 0.881. The number of ether oxygens (including phenoxy) is 2. The molecule has 9 rings (SSSR count). The van der Waals surface area contributed by atoms with Crippen molar-refractivity contribution in [2.45, 2.75) is 82.9 Å². The third-order valence-electron chi connectivity index (χ3n) is 12.6. The van der Waals surface area contributed by atoms with Gasteiger partial charge in [0.15, 0.2) is 0 Å². The highest BCUT2D eigenvalue weighted by molar-refractivity contribution is 7.93. The summed E-state index contributed by atoms with van der Waals surface area (Å²) in [7, 11) is -0.993. The van der Waals surface area contributed by atoms with Crippen LogP contribution in [0.5, 0.6) is 0 Å². The number of aromatic nitrogens is 5. The number of amides is 1. The van der Waals surface area contributed by atoms with Crippen LogP contribution >= 0.6 is 0 Å². The van der Waals surface area contributed by atoms with Gasteiger partial charge in [-0.05, 0) is 117 Å². The van der Waals surface area contributed by atoms with Crippen molar-refractivity contribution >= 4 is 26.5 Å². The molecular formula is C45H50FN7O5S. The van der Waals surface area contributed by atoms with Gasteiger partial charge in [-0.2, -0.15) is 5.10 Å². The van der Waals surface area contributed by atoms with Crippen LogP contribution in [0.2, 0.25) is 0 Å². The molecular weight excluding hydrogens is 770 g/mol. The van der Waals surface area contributed by atoms with Gasteiger partial charge in [0.25, 0.3) is 5.91 Å². The summed E-state index contributed by atoms with van der Waals surface area (Å²) < 4.78 is 50.8. The minimum Gasteiger partial charge on any atom is -0.381 e. The second-order valence-corrected chi connectivity index (χ2v) is 18.7. The zero-order valence-electron chi connectivity index (χ0n) is 34.2. The third-order valence-corrected chi connectivity index (χ3v) is 14.9. The first kappa shape index (κ1) is 39.2. The van der Waals surface area contributed by atoms with Crippen molar-refractivity contribution in [2.75, 3.05) is 39.2 Å². The van der Waals surface area contributed by atoms with E-state index in [2.05, 4.69) is 27.1 Å². The largest absolute Gasteiger partial charge is 0.381 e. The highest BCUT2D eigenvalue weighted by atomic mass is 32.2. The molecule has 2 saturated heterocycles. The molecule has 0 unspecified atom stereocenters. The fourth-order valence-corrected chi connectivity index (χ4v) is 10.4. The summed E-state index contributed by atoms with van der Waals surface area (Å²) in [6, 6.07) is 18.6. The van der Waals surface area contributed by atoms with Gasteiger partial charge < -0.3 is 18.9 Å². The molecule has 3 aromatic heterocycles. The first-order valence-electron chi connectivity index (χ1n) is 20.6. The molecule has 3 atom stereocenters. The van der Waals surface area contributed by atoms with Gasteiger partial charge in [-0.15, -0.1) is 0 Å². The molecule has 59 heavy (non-hydrogen) atoms. The van der Waals surface area contributed by atoms with E-state index in [0.29, 0.717) is 70.1 Å². The lowest BCUT2D eigenvalue weighted by Crippen LogP contribution is -2.41. The van der Waals surface area contributed by atoms with E-state index in [1.807, 2.05) is 24.8 Å². The summed E-state index contributed by atoms with van der Waals surface area (Å²) in [5.41, 5.74) is 6.14. The van der Waals surface area contributed by atoms with Crippen molar-refractivity contribution in [3.63, 3.8) is 0 Å². The van der Waals surface area contributed by atoms with E-state index in [4.69, 9.17) is 14.6 Å². The number of carbonyl (C=O) groups is 1. The van der Waals surface area contributed by atoms with Gasteiger partial charge in [-0.1, -0.05) is 13.0 Å². The molecule has 1 amide bonds. The number of rotatable bonds is 9. The maximum Gasteiger partial charge on any atom is 0.338 e. The summed E-state index contributed by atoms with van der Waals surface area (Å²) in [6.45, 7) is 10.5. The van der Waals surface area contributed by atoms with Crippen LogP contribution < -0.4 is 5.69 Å². The summed E-state index contributed by atoms with van der Waals surface area (Å²) in [4.78, 5) is 32.0. The van der Waals surface area contributed by atoms with E-state index < -0.39 is 15.8 Å². The Morgan fingerprint density at radius 3 is 2.32 bits per heavy atom. The molecule has 0 spiro atoms. The minimum atomic E-state index is -2.55. The highest BCUT2D eigenvalue weighted by Gasteiger charge is 2.37. The van der Waals surface area contributed by atoms with Gasteiger partial charge in [-0.25, -0.2) is 22.4 Å². The fraction of sp³-hybridized carbons (Fsp3) is 0.400. The molecule has 0 aliphatic carbocycles. The molecule has 12 nitrogen and oxygen atoms in total. The Morgan fingerprint density at radius 2 is 1.66 bits per heavy atom. The molecule has 308 valence electrons. The van der Waals surface area contributed by atoms with E-state index in [0.717, 1.165) is 61.2 Å². The number of carbonyl (C=O) groups excluding carboxylic acids is 1. The van der Waals surface area contributed by atoms with Crippen LogP contribution in [-0.2, 0) is 32.2 Å². The van der Waals surface area contributed by atoms with Crippen LogP contribution in [0.4, 0.5) is 4.39 Å². The van der Waals surface area contributed by atoms with E-state index in [9.17, 15) is 9.00 Å². The van der Waals surface area contributed by atoms with Crippen molar-refractivity contribution in [2.24, 2.45) is 4.36 Å². The molecule has 3 aliphatic rings. The molecule has 14 heteroatoms. The summed E-state index contributed by atoms with van der Waals surface area (Å²) in [6.07, 6.45) is 6.78. The van der Waals surface area contributed by atoms with E-state index in [-0.39, 0.29) is 23.5 Å². The van der Waals surface area contributed by atoms with Crippen LogP contribution in [0.15, 0.2) is 87.1 Å². The number of hydrogen-bond acceptors (Lipinski definition) is 7. The number of fused-ring (bicyclic) bond motifs is 2. The van der Waals surface area contributed by atoms with Gasteiger partial charge in [0.05, 0.1) is 38.9 Å². The smallest absolute Gasteiger partial charge is 0.338 e. The van der Waals surface area contributed by atoms with Crippen molar-refractivity contribution in [3.05, 3.63) is 123 Å². The van der Waals surface area contributed by atoms with Crippen LogP contribution in [0.3, 0.4) is 0 Å². The Balaban J connectivity index is 1.14. The highest BCUT2D eigenvalue weighted by Crippen LogP contribution is 2.38. The average molecular weight is 820 g/mol. The van der Waals surface area contributed by atoms with Gasteiger partial charge in [0.2, 0.25) is 0 Å². The maximum atomic E-state index is 15.0. The zero-order valence-corrected chi connectivity index (χ0v) is 35.0. The van der Waals surface area contributed by atoms with Gasteiger partial charge >= 0.3 is 5.69 Å². The molecule has 3 aliphatic heterocycles. The zero-order chi connectivity index (χ0) is 41.2. The molecule has 6 aromatic rings. The normalized spacial score (nSPS) is 19.4. The van der Waals surface area contributed by atoms with Crippen molar-refractivity contribution in [1.82, 2.24) is 28.4 Å². The molecule has 0 saturated carbocycles. The minimum absolute atomic E-state index is 0.0367. The van der Waals surface area contributed by atoms with Gasteiger partial charge in [0, 0.05) is 85.9 Å². The molecule has 2 fully saturated rings. The van der Waals surface area contributed by atoms with Crippen LogP contribution in [0, 0.1) is 19.7 Å². The lowest BCUT2D eigenvalue weighted by molar-refractivity contribution is -0.0588. The number of aryl methyl sites for hydroxylation is 2. The first-order chi connectivity index (χ1) is 28.5. The van der Waals surface area contributed by atoms with Crippen molar-refractivity contribution in [3.8, 4) is 17.2 Å². The Morgan fingerprint density at radius 1 is 0.949 bits per heavy atom. The van der Waals surface area contributed by atoms with E-state index in [1.165, 1.54) is 10.1 Å². The summed E-state index contributed by atoms with van der Waals surface area (Å²) in [5, 5.41) is 6.11. The number of nitrogens with zero attached hydrogens (tertiary/aromatic N) is 7. The van der Waals surface area contributed by atoms with Crippen molar-refractivity contribution < 1.29 is 22.9 Å². The van der Waals surface area contributed by atoms with Crippen LogP contribution in [0.1, 0.15) is 83.5 Å². The molecule has 3 aromatic carbocycles. The lowest BCUT2D eigenvalue weighted by Gasteiger charge is -2.34. The van der Waals surface area contributed by atoms with Crippen LogP contribution in [0.25, 0.3) is 28.1 Å². The second-order valence-electron chi connectivity index (χ2n) is 16.0. The Labute approximate surface area is 343 Å². The molecule has 0 bridgehead atoms. The van der Waals surface area contributed by atoms with E-state index in [1.54, 1.807) is 78.9 Å². The number of imidazole rings is 1. The fourth-order valence-electron chi connectivity index (χ4n) is 9.07. The van der Waals surface area contributed by atoms with Crippen LogP contribution in [-0.4, -0.2) is 83.8 Å². The predicted octanol–water partition coefficient (Wildman–Crippen LogP) is 7.44. The number of halogens is 1. The topological polar surface area (TPSA) is 118 Å². The average Bonchev–Trinajstić information content (AvgIpc) is 3.93.